The topological polar surface area (TPSA) is 101 Å². The van der Waals surface area contributed by atoms with Crippen LogP contribution in [0.5, 0.6) is 28.7 Å². The zero-order chi connectivity index (χ0) is 51.7. The summed E-state index contributed by atoms with van der Waals surface area (Å²) in [5, 5.41) is 61.4. The molecular formula is C68H72O5. The highest BCUT2D eigenvalue weighted by molar-refractivity contribution is 5.64. The van der Waals surface area contributed by atoms with Crippen LogP contribution in [0.2, 0.25) is 0 Å². The second-order valence-electron chi connectivity index (χ2n) is 22.5. The molecule has 4 atom stereocenters. The minimum absolute atomic E-state index is 0.0273. The van der Waals surface area contributed by atoms with Crippen LogP contribution < -0.4 is 0 Å². The van der Waals surface area contributed by atoms with Crippen LogP contribution in [-0.2, 0) is 25.7 Å². The van der Waals surface area contributed by atoms with Gasteiger partial charge in [0.25, 0.3) is 0 Å². The van der Waals surface area contributed by atoms with E-state index in [2.05, 4.69) is 177 Å². The zero-order valence-electron chi connectivity index (χ0n) is 43.8. The van der Waals surface area contributed by atoms with E-state index < -0.39 is 23.7 Å². The molecule has 0 saturated carbocycles. The summed E-state index contributed by atoms with van der Waals surface area (Å²) in [7, 11) is 0. The SMILES string of the molecule is CC(C)Cc1ccc(C2c3cccc(c3)C(c3ccc(CC(C)C)cc3)c3cc(c(O)cc3O)C(c3ccc(CC(C)C)cc3)c3cc(ccc3O)C(c3ccc(CC(C)C)cc3)c3cc2c(O)cc3O)cc1. The van der Waals surface area contributed by atoms with Crippen molar-refractivity contribution in [2.75, 3.05) is 0 Å². The first kappa shape index (κ1) is 50.7. The number of phenols is 5. The Labute approximate surface area is 433 Å². The van der Waals surface area contributed by atoms with E-state index in [1.165, 1.54) is 34.4 Å². The average molecular weight is 969 g/mol. The number of aromatic hydroxyl groups is 5. The molecular weight excluding hydrogens is 897 g/mol. The standard InChI is InChI=1S/C68H72O5/c1-40(2)30-44-12-20-48(21-13-44)65-52-10-9-11-53(34-52)66(49-22-14-45(15-23-49)31-41(3)4)58-37-59(64(73)39-63(58)72)68(51-26-18-47(19-27-51)33-43(7)8)55-35-54(28-29-60(55)69)67(57-36-56(65)61(70)38-62(57)71)50-24-16-46(17-25-50)32-42(5)6/h9-29,34-43,65-73H,30-33H2,1-8H3. The average Bonchev–Trinajstić information content (AvgIpc) is 3.34. The summed E-state index contributed by atoms with van der Waals surface area (Å²) >= 11 is 0. The molecule has 5 heteroatoms. The van der Waals surface area contributed by atoms with Crippen LogP contribution >= 0.6 is 0 Å². The number of hydrogen-bond acceptors (Lipinski definition) is 5. The third-order valence-electron chi connectivity index (χ3n) is 14.7. The molecule has 0 spiro atoms. The number of phenolic OH excluding ortho intramolecular Hbond substituents is 5. The van der Waals surface area contributed by atoms with Crippen molar-refractivity contribution in [1.29, 1.82) is 0 Å². The van der Waals surface area contributed by atoms with E-state index in [0.717, 1.165) is 64.6 Å². The number of hydrogen-bond donors (Lipinski definition) is 5. The normalized spacial score (nSPS) is 16.7. The predicted octanol–water partition coefficient (Wildman–Crippen LogP) is 16.0. The Kier molecular flexibility index (Phi) is 14.9. The molecule has 8 bridgehead atoms. The van der Waals surface area contributed by atoms with E-state index >= 15 is 0 Å². The molecule has 73 heavy (non-hydrogen) atoms. The van der Waals surface area contributed by atoms with Crippen molar-refractivity contribution in [3.63, 3.8) is 0 Å². The fraction of sp³-hybridized carbons (Fsp3) is 0.294. The molecule has 0 heterocycles. The first-order chi connectivity index (χ1) is 35.0. The lowest BCUT2D eigenvalue weighted by molar-refractivity contribution is 0.439. The largest absolute Gasteiger partial charge is 0.508 e. The first-order valence-electron chi connectivity index (χ1n) is 26.4. The second-order valence-corrected chi connectivity index (χ2v) is 22.5. The molecule has 1 aliphatic rings. The van der Waals surface area contributed by atoms with Gasteiger partial charge in [-0.3, -0.25) is 0 Å². The maximum atomic E-state index is 12.3. The van der Waals surface area contributed by atoms with Crippen LogP contribution in [0.15, 0.2) is 164 Å². The van der Waals surface area contributed by atoms with E-state index in [4.69, 9.17) is 0 Å². The van der Waals surface area contributed by atoms with Crippen LogP contribution in [0.4, 0.5) is 0 Å². The van der Waals surface area contributed by atoms with Gasteiger partial charge in [0.15, 0.2) is 0 Å². The lowest BCUT2D eigenvalue weighted by atomic mass is 9.75. The van der Waals surface area contributed by atoms with Gasteiger partial charge in [0.05, 0.1) is 0 Å². The van der Waals surface area contributed by atoms with E-state index in [9.17, 15) is 25.5 Å². The van der Waals surface area contributed by atoms with Gasteiger partial charge in [-0.1, -0.05) is 189 Å². The molecule has 0 amide bonds. The smallest absolute Gasteiger partial charge is 0.123 e. The van der Waals surface area contributed by atoms with Crippen molar-refractivity contribution in [2.24, 2.45) is 23.7 Å². The summed E-state index contributed by atoms with van der Waals surface area (Å²) in [4.78, 5) is 0. The number of rotatable bonds is 12. The molecule has 374 valence electrons. The van der Waals surface area contributed by atoms with Gasteiger partial charge in [0.2, 0.25) is 0 Å². The monoisotopic (exact) mass is 969 g/mol. The molecule has 0 fully saturated rings. The molecule has 8 aromatic carbocycles. The van der Waals surface area contributed by atoms with Crippen LogP contribution in [0, 0.1) is 23.7 Å². The van der Waals surface area contributed by atoms with Crippen LogP contribution in [0.3, 0.4) is 0 Å². The fourth-order valence-corrected chi connectivity index (χ4v) is 11.5. The summed E-state index contributed by atoms with van der Waals surface area (Å²) in [6, 6.07) is 55.3. The van der Waals surface area contributed by atoms with Crippen molar-refractivity contribution in [2.45, 2.75) is 105 Å². The van der Waals surface area contributed by atoms with Gasteiger partial charge >= 0.3 is 0 Å². The molecule has 1 aliphatic carbocycles. The Morgan fingerprint density at radius 2 is 0.521 bits per heavy atom. The van der Waals surface area contributed by atoms with E-state index in [0.29, 0.717) is 51.5 Å². The minimum atomic E-state index is -0.693. The van der Waals surface area contributed by atoms with Gasteiger partial charge in [-0.15, -0.1) is 0 Å². The van der Waals surface area contributed by atoms with Crippen molar-refractivity contribution in [1.82, 2.24) is 0 Å². The van der Waals surface area contributed by atoms with Gasteiger partial charge in [-0.2, -0.15) is 0 Å². The quantitative estimate of drug-likeness (QED) is 0.0840. The number of benzene rings is 8. The van der Waals surface area contributed by atoms with Crippen molar-refractivity contribution in [3.8, 4) is 28.7 Å². The van der Waals surface area contributed by atoms with Crippen LogP contribution in [-0.4, -0.2) is 25.5 Å². The minimum Gasteiger partial charge on any atom is -0.508 e. The van der Waals surface area contributed by atoms with Crippen molar-refractivity contribution in [3.05, 3.63) is 253 Å². The second kappa shape index (κ2) is 21.5. The Balaban J connectivity index is 1.38. The Morgan fingerprint density at radius 1 is 0.260 bits per heavy atom. The maximum absolute atomic E-state index is 12.3. The molecule has 5 nitrogen and oxygen atoms in total. The fourth-order valence-electron chi connectivity index (χ4n) is 11.5. The van der Waals surface area contributed by atoms with E-state index in [1.807, 2.05) is 24.3 Å². The molecule has 8 aromatic rings. The van der Waals surface area contributed by atoms with Crippen molar-refractivity contribution >= 4 is 0 Å². The molecule has 9 rings (SSSR count). The summed E-state index contributed by atoms with van der Waals surface area (Å²) in [6.45, 7) is 17.7. The van der Waals surface area contributed by atoms with Crippen LogP contribution in [0.25, 0.3) is 0 Å². The third kappa shape index (κ3) is 11.1. The van der Waals surface area contributed by atoms with Gasteiger partial charge < -0.3 is 25.5 Å². The lowest BCUT2D eigenvalue weighted by Gasteiger charge is -2.29. The third-order valence-corrected chi connectivity index (χ3v) is 14.7. The number of fused-ring (bicyclic) bond motifs is 8. The summed E-state index contributed by atoms with van der Waals surface area (Å²) in [5.74, 6) is -0.547. The first-order valence-corrected chi connectivity index (χ1v) is 26.4. The van der Waals surface area contributed by atoms with Gasteiger partial charge in [-0.05, 0) is 129 Å². The van der Waals surface area contributed by atoms with E-state index in [1.54, 1.807) is 6.07 Å². The molecule has 0 radical (unpaired) electrons. The molecule has 0 aromatic heterocycles. The van der Waals surface area contributed by atoms with Gasteiger partial charge in [0.1, 0.15) is 28.7 Å². The highest BCUT2D eigenvalue weighted by atomic mass is 16.3. The Hall–Kier alpha value is -7.24. The Morgan fingerprint density at radius 3 is 0.836 bits per heavy atom. The summed E-state index contributed by atoms with van der Waals surface area (Å²) in [6.07, 6.45) is 3.67. The zero-order valence-corrected chi connectivity index (χ0v) is 43.8. The molecule has 5 N–H and O–H groups in total. The molecule has 4 unspecified atom stereocenters. The van der Waals surface area contributed by atoms with Gasteiger partial charge in [0, 0.05) is 63.6 Å². The highest BCUT2D eigenvalue weighted by Gasteiger charge is 2.33. The highest BCUT2D eigenvalue weighted by Crippen LogP contribution is 2.50. The van der Waals surface area contributed by atoms with Crippen molar-refractivity contribution < 1.29 is 25.5 Å². The predicted molar refractivity (Wildman–Crippen MR) is 298 cm³/mol. The van der Waals surface area contributed by atoms with Gasteiger partial charge in [-0.25, -0.2) is 0 Å². The lowest BCUT2D eigenvalue weighted by Crippen LogP contribution is -2.12. The Bertz CT molecular complexity index is 3180. The summed E-state index contributed by atoms with van der Waals surface area (Å²) < 4.78 is 0. The maximum Gasteiger partial charge on any atom is 0.123 e. The summed E-state index contributed by atoms with van der Waals surface area (Å²) in [5.41, 5.74) is 14.1. The van der Waals surface area contributed by atoms with Crippen LogP contribution in [0.1, 0.15) is 168 Å². The molecule has 0 saturated heterocycles. The van der Waals surface area contributed by atoms with E-state index in [-0.39, 0.29) is 28.7 Å². The molecule has 0 aliphatic heterocycles.